The molecule has 4 nitrogen and oxygen atoms in total. The van der Waals surface area contributed by atoms with Crippen molar-refractivity contribution in [3.05, 3.63) is 76.2 Å². The summed E-state index contributed by atoms with van der Waals surface area (Å²) < 4.78 is 5.74. The molecular weight excluding hydrogens is 262 g/mol. The Kier molecular flexibility index (Phi) is 5.75. The van der Waals surface area contributed by atoms with E-state index in [1.54, 1.807) is 0 Å². The molecule has 0 N–H and O–H groups in total. The molecule has 0 saturated carbocycles. The van der Waals surface area contributed by atoms with E-state index in [-0.39, 0.29) is 0 Å². The third-order valence-corrected chi connectivity index (χ3v) is 2.72. The Labute approximate surface area is 124 Å². The van der Waals surface area contributed by atoms with Gasteiger partial charge >= 0.3 is 0 Å². The van der Waals surface area contributed by atoms with Crippen molar-refractivity contribution in [3.63, 3.8) is 0 Å². The van der Waals surface area contributed by atoms with Gasteiger partial charge in [0.2, 0.25) is 0 Å². The summed E-state index contributed by atoms with van der Waals surface area (Å²) in [7, 11) is 0. The number of benzene rings is 2. The summed E-state index contributed by atoms with van der Waals surface area (Å²) in [5, 5.41) is 3.44. The van der Waals surface area contributed by atoms with Gasteiger partial charge in [-0.05, 0) is 29.3 Å². The number of azide groups is 1. The van der Waals surface area contributed by atoms with E-state index in [0.717, 1.165) is 16.9 Å². The molecule has 0 saturated heterocycles. The standard InChI is InChI=1S/C17H15N3O/c18-20-19-12-5-4-7-15-10-6-11-17(13-15)21-14-16-8-2-1-3-9-16/h1-3,6,8-11,13H,5,12,14H2. The van der Waals surface area contributed by atoms with Gasteiger partial charge in [0.1, 0.15) is 12.4 Å². The minimum Gasteiger partial charge on any atom is -0.489 e. The quantitative estimate of drug-likeness (QED) is 0.264. The first kappa shape index (κ1) is 14.5. The van der Waals surface area contributed by atoms with Crippen molar-refractivity contribution in [2.75, 3.05) is 6.54 Å². The summed E-state index contributed by atoms with van der Waals surface area (Å²) >= 11 is 0. The SMILES string of the molecule is [N-]=[N+]=NCCC#Cc1cccc(OCc2ccccc2)c1. The molecule has 0 bridgehead atoms. The highest BCUT2D eigenvalue weighted by atomic mass is 16.5. The number of ether oxygens (including phenoxy) is 1. The predicted molar refractivity (Wildman–Crippen MR) is 82.7 cm³/mol. The monoisotopic (exact) mass is 277 g/mol. The van der Waals surface area contributed by atoms with Gasteiger partial charge in [-0.1, -0.05) is 53.4 Å². The highest BCUT2D eigenvalue weighted by Crippen LogP contribution is 2.14. The molecule has 0 aromatic heterocycles. The Bertz CT molecular complexity index is 680. The summed E-state index contributed by atoms with van der Waals surface area (Å²) in [4.78, 5) is 2.68. The molecule has 0 heterocycles. The van der Waals surface area contributed by atoms with E-state index in [0.29, 0.717) is 19.6 Å². The highest BCUT2D eigenvalue weighted by Gasteiger charge is 1.96. The van der Waals surface area contributed by atoms with E-state index in [9.17, 15) is 0 Å². The second-order valence-electron chi connectivity index (χ2n) is 4.31. The summed E-state index contributed by atoms with van der Waals surface area (Å²) in [6.07, 6.45) is 0.555. The van der Waals surface area contributed by atoms with Crippen LogP contribution in [0, 0.1) is 11.8 Å². The molecule has 0 spiro atoms. The van der Waals surface area contributed by atoms with E-state index < -0.39 is 0 Å². The summed E-state index contributed by atoms with van der Waals surface area (Å²) in [5.74, 6) is 6.79. The zero-order valence-electron chi connectivity index (χ0n) is 11.6. The van der Waals surface area contributed by atoms with Crippen LogP contribution in [0.2, 0.25) is 0 Å². The third-order valence-electron chi connectivity index (χ3n) is 2.72. The van der Waals surface area contributed by atoms with Gasteiger partial charge in [0.05, 0.1) is 0 Å². The van der Waals surface area contributed by atoms with Crippen molar-refractivity contribution in [2.24, 2.45) is 5.11 Å². The molecule has 0 fully saturated rings. The van der Waals surface area contributed by atoms with Crippen LogP contribution in [0.3, 0.4) is 0 Å². The van der Waals surface area contributed by atoms with E-state index >= 15 is 0 Å². The van der Waals surface area contributed by atoms with Gasteiger partial charge in [-0.3, -0.25) is 0 Å². The van der Waals surface area contributed by atoms with Crippen molar-refractivity contribution in [1.29, 1.82) is 0 Å². The molecule has 4 heteroatoms. The van der Waals surface area contributed by atoms with Gasteiger partial charge in [-0.2, -0.15) is 0 Å². The normalized spacial score (nSPS) is 9.14. The maximum absolute atomic E-state index is 8.17. The number of hydrogen-bond acceptors (Lipinski definition) is 2. The lowest BCUT2D eigenvalue weighted by Gasteiger charge is -2.06. The van der Waals surface area contributed by atoms with Crippen LogP contribution in [0.1, 0.15) is 17.5 Å². The lowest BCUT2D eigenvalue weighted by Crippen LogP contribution is -1.95. The molecule has 0 aliphatic carbocycles. The first-order valence-electron chi connectivity index (χ1n) is 6.65. The maximum atomic E-state index is 8.17. The molecule has 2 aromatic rings. The Morgan fingerprint density at radius 1 is 1.10 bits per heavy atom. The molecule has 2 rings (SSSR count). The Morgan fingerprint density at radius 3 is 2.76 bits per heavy atom. The molecule has 0 unspecified atom stereocenters. The average Bonchev–Trinajstić information content (AvgIpc) is 2.54. The van der Waals surface area contributed by atoms with Crippen molar-refractivity contribution in [1.82, 2.24) is 0 Å². The van der Waals surface area contributed by atoms with Gasteiger partial charge in [-0.25, -0.2) is 0 Å². The lowest BCUT2D eigenvalue weighted by atomic mass is 10.2. The van der Waals surface area contributed by atoms with Crippen LogP contribution < -0.4 is 4.74 Å². The highest BCUT2D eigenvalue weighted by molar-refractivity contribution is 5.39. The summed E-state index contributed by atoms with van der Waals surface area (Å²) in [5.41, 5.74) is 10.2. The van der Waals surface area contributed by atoms with Crippen molar-refractivity contribution in [3.8, 4) is 17.6 Å². The van der Waals surface area contributed by atoms with Crippen LogP contribution in [-0.2, 0) is 6.61 Å². The van der Waals surface area contributed by atoms with Crippen LogP contribution in [0.15, 0.2) is 59.7 Å². The molecule has 2 aromatic carbocycles. The Hall–Kier alpha value is -2.89. The zero-order chi connectivity index (χ0) is 14.8. The zero-order valence-corrected chi connectivity index (χ0v) is 11.6. The smallest absolute Gasteiger partial charge is 0.121 e. The van der Waals surface area contributed by atoms with E-state index in [2.05, 4.69) is 21.9 Å². The fourth-order valence-corrected chi connectivity index (χ4v) is 1.72. The van der Waals surface area contributed by atoms with E-state index in [4.69, 9.17) is 10.3 Å². The summed E-state index contributed by atoms with van der Waals surface area (Å²) in [6, 6.07) is 17.7. The fraction of sp³-hybridized carbons (Fsp3) is 0.176. The maximum Gasteiger partial charge on any atom is 0.121 e. The second kappa shape index (κ2) is 8.31. The van der Waals surface area contributed by atoms with Gasteiger partial charge in [0.25, 0.3) is 0 Å². The van der Waals surface area contributed by atoms with E-state index in [1.165, 1.54) is 0 Å². The van der Waals surface area contributed by atoms with E-state index in [1.807, 2.05) is 54.6 Å². The fourth-order valence-electron chi connectivity index (χ4n) is 1.72. The molecule has 0 aliphatic rings. The van der Waals surface area contributed by atoms with Crippen LogP contribution in [0.4, 0.5) is 0 Å². The molecule has 0 aliphatic heterocycles. The molecular formula is C17H15N3O. The minimum absolute atomic E-state index is 0.397. The Morgan fingerprint density at radius 2 is 1.95 bits per heavy atom. The van der Waals surface area contributed by atoms with Crippen LogP contribution in [0.25, 0.3) is 10.4 Å². The van der Waals surface area contributed by atoms with Crippen LogP contribution >= 0.6 is 0 Å². The average molecular weight is 277 g/mol. The molecule has 104 valence electrons. The number of nitrogens with zero attached hydrogens (tertiary/aromatic N) is 3. The molecule has 0 atom stereocenters. The third kappa shape index (κ3) is 5.32. The van der Waals surface area contributed by atoms with Crippen molar-refractivity contribution >= 4 is 0 Å². The first-order valence-corrected chi connectivity index (χ1v) is 6.65. The van der Waals surface area contributed by atoms with Crippen LogP contribution in [0.5, 0.6) is 5.75 Å². The minimum atomic E-state index is 0.397. The predicted octanol–water partition coefficient (Wildman–Crippen LogP) is 4.32. The molecule has 21 heavy (non-hydrogen) atoms. The largest absolute Gasteiger partial charge is 0.489 e. The van der Waals surface area contributed by atoms with Gasteiger partial charge in [0, 0.05) is 23.4 Å². The van der Waals surface area contributed by atoms with Crippen molar-refractivity contribution in [2.45, 2.75) is 13.0 Å². The lowest BCUT2D eigenvalue weighted by molar-refractivity contribution is 0.306. The molecule has 0 radical (unpaired) electrons. The van der Waals surface area contributed by atoms with Gasteiger partial charge in [-0.15, -0.1) is 0 Å². The number of hydrogen-bond donors (Lipinski definition) is 0. The summed E-state index contributed by atoms with van der Waals surface area (Å²) in [6.45, 7) is 0.933. The Balaban J connectivity index is 1.92. The van der Waals surface area contributed by atoms with Crippen molar-refractivity contribution < 1.29 is 4.74 Å². The van der Waals surface area contributed by atoms with Gasteiger partial charge in [0.15, 0.2) is 0 Å². The van der Waals surface area contributed by atoms with Crippen LogP contribution in [-0.4, -0.2) is 6.54 Å². The van der Waals surface area contributed by atoms with Gasteiger partial charge < -0.3 is 4.74 Å². The first-order chi connectivity index (χ1) is 10.4. The topological polar surface area (TPSA) is 58.0 Å². The second-order valence-corrected chi connectivity index (χ2v) is 4.31. The molecule has 0 amide bonds. The number of rotatable bonds is 5.